The summed E-state index contributed by atoms with van der Waals surface area (Å²) in [6.45, 7) is 0. The zero-order chi connectivity index (χ0) is 12.8. The highest BCUT2D eigenvalue weighted by Crippen LogP contribution is 2.18. The van der Waals surface area contributed by atoms with Crippen molar-refractivity contribution >= 4 is 23.8 Å². The van der Waals surface area contributed by atoms with Crippen LogP contribution in [0.1, 0.15) is 10.4 Å². The number of aromatic carboxylic acids is 1. The van der Waals surface area contributed by atoms with Gasteiger partial charge >= 0.3 is 11.9 Å². The zero-order valence-corrected chi connectivity index (χ0v) is 8.57. The van der Waals surface area contributed by atoms with Gasteiger partial charge in [-0.15, -0.1) is 0 Å². The smallest absolute Gasteiger partial charge is 0.337 e. The van der Waals surface area contributed by atoms with Crippen LogP contribution in [-0.4, -0.2) is 28.4 Å². The van der Waals surface area contributed by atoms with E-state index in [2.05, 4.69) is 4.99 Å². The molecule has 86 valence electrons. The van der Waals surface area contributed by atoms with Crippen LogP contribution in [0.4, 0.5) is 5.69 Å². The maximum absolute atomic E-state index is 10.8. The normalized spacial score (nSPS) is 11.9. The molecule has 0 aliphatic carbocycles. The second-order valence-corrected chi connectivity index (χ2v) is 3.05. The molecule has 6 heteroatoms. The maximum Gasteiger partial charge on any atom is 0.337 e. The summed E-state index contributed by atoms with van der Waals surface area (Å²) in [5.74, 6) is -3.89. The van der Waals surface area contributed by atoms with E-state index in [0.717, 1.165) is 6.21 Å². The van der Waals surface area contributed by atoms with Crippen LogP contribution >= 0.6 is 0 Å². The van der Waals surface area contributed by atoms with E-state index in [1.165, 1.54) is 24.3 Å². The van der Waals surface area contributed by atoms with Crippen LogP contribution < -0.4 is 0 Å². The summed E-state index contributed by atoms with van der Waals surface area (Å²) in [5, 5.41) is 26.0. The minimum Gasteiger partial charge on any atom is -0.480 e. The molecule has 0 saturated carbocycles. The van der Waals surface area contributed by atoms with Crippen molar-refractivity contribution in [2.45, 2.75) is 0 Å². The van der Waals surface area contributed by atoms with Crippen molar-refractivity contribution in [3.05, 3.63) is 29.8 Å². The molecule has 1 aromatic carbocycles. The van der Waals surface area contributed by atoms with Gasteiger partial charge in [-0.1, -0.05) is 12.1 Å². The summed E-state index contributed by atoms with van der Waals surface area (Å²) >= 11 is 0. The maximum atomic E-state index is 10.8. The number of carboxylic acids is 2. The fourth-order valence-corrected chi connectivity index (χ4v) is 1.07. The minimum absolute atomic E-state index is 0.0502. The molecule has 1 atom stereocenters. The second kappa shape index (κ2) is 5.42. The highest BCUT2D eigenvalue weighted by atomic mass is 16.4. The van der Waals surface area contributed by atoms with E-state index in [4.69, 9.17) is 15.5 Å². The van der Waals surface area contributed by atoms with Crippen molar-refractivity contribution in [3.8, 4) is 6.07 Å². The van der Waals surface area contributed by atoms with E-state index >= 15 is 0 Å². The van der Waals surface area contributed by atoms with Gasteiger partial charge in [-0.05, 0) is 12.1 Å². The van der Waals surface area contributed by atoms with Crippen molar-refractivity contribution in [2.24, 2.45) is 10.9 Å². The van der Waals surface area contributed by atoms with E-state index in [0.29, 0.717) is 0 Å². The zero-order valence-electron chi connectivity index (χ0n) is 8.57. The molecule has 0 bridgehead atoms. The van der Waals surface area contributed by atoms with Crippen LogP contribution in [0.2, 0.25) is 0 Å². The molecular weight excluding hydrogens is 224 g/mol. The lowest BCUT2D eigenvalue weighted by Gasteiger charge is -2.00. The SMILES string of the molecule is N#CC(C=Nc1ccccc1C(=O)O)C(=O)O. The van der Waals surface area contributed by atoms with Crippen molar-refractivity contribution in [3.63, 3.8) is 0 Å². The minimum atomic E-state index is -1.39. The van der Waals surface area contributed by atoms with Crippen molar-refractivity contribution in [1.29, 1.82) is 5.26 Å². The van der Waals surface area contributed by atoms with Gasteiger partial charge in [0, 0.05) is 6.21 Å². The predicted molar refractivity (Wildman–Crippen MR) is 58.3 cm³/mol. The molecule has 0 radical (unpaired) electrons. The predicted octanol–water partition coefficient (Wildman–Crippen LogP) is 1.31. The van der Waals surface area contributed by atoms with Gasteiger partial charge in [0.05, 0.1) is 17.3 Å². The highest BCUT2D eigenvalue weighted by Gasteiger charge is 2.14. The molecular formula is C11H8N2O4. The molecule has 2 N–H and O–H groups in total. The number of carboxylic acid groups (broad SMARTS) is 2. The van der Waals surface area contributed by atoms with Crippen LogP contribution in [0.15, 0.2) is 29.3 Å². The molecule has 0 fully saturated rings. The van der Waals surface area contributed by atoms with Gasteiger partial charge in [-0.3, -0.25) is 9.79 Å². The Bertz CT molecular complexity index is 516. The van der Waals surface area contributed by atoms with Crippen LogP contribution in [0, 0.1) is 17.2 Å². The molecule has 0 aromatic heterocycles. The Morgan fingerprint density at radius 2 is 2.00 bits per heavy atom. The van der Waals surface area contributed by atoms with Gasteiger partial charge in [0.2, 0.25) is 0 Å². The molecule has 1 unspecified atom stereocenters. The third-order valence-corrected chi connectivity index (χ3v) is 1.90. The van der Waals surface area contributed by atoms with Crippen LogP contribution in [-0.2, 0) is 4.79 Å². The summed E-state index contributed by atoms with van der Waals surface area (Å²) in [5.41, 5.74) is 0.0623. The van der Waals surface area contributed by atoms with E-state index in [1.54, 1.807) is 6.07 Å². The summed E-state index contributed by atoms with van der Waals surface area (Å²) in [6, 6.07) is 7.40. The van der Waals surface area contributed by atoms with Crippen LogP contribution in [0.5, 0.6) is 0 Å². The summed E-state index contributed by atoms with van der Waals surface area (Å²) < 4.78 is 0. The standard InChI is InChI=1S/C11H8N2O4/c12-5-7(10(14)15)6-13-9-4-2-1-3-8(9)11(16)17/h1-4,6-7H,(H,14,15)(H,16,17). The molecule has 0 amide bonds. The molecule has 1 aromatic rings. The second-order valence-electron chi connectivity index (χ2n) is 3.05. The average Bonchev–Trinajstić information content (AvgIpc) is 2.29. The number of para-hydroxylation sites is 1. The number of carbonyl (C=O) groups is 2. The quantitative estimate of drug-likeness (QED) is 0.760. The monoisotopic (exact) mass is 232 g/mol. The van der Waals surface area contributed by atoms with Crippen molar-refractivity contribution in [1.82, 2.24) is 0 Å². The van der Waals surface area contributed by atoms with Crippen LogP contribution in [0.3, 0.4) is 0 Å². The van der Waals surface area contributed by atoms with Gasteiger partial charge in [-0.2, -0.15) is 5.26 Å². The topological polar surface area (TPSA) is 111 Å². The Labute approximate surface area is 96.5 Å². The fourth-order valence-electron chi connectivity index (χ4n) is 1.07. The Morgan fingerprint density at radius 3 is 2.53 bits per heavy atom. The van der Waals surface area contributed by atoms with E-state index in [1.807, 2.05) is 0 Å². The highest BCUT2D eigenvalue weighted by molar-refractivity contribution is 5.96. The number of nitrogens with zero attached hydrogens (tertiary/aromatic N) is 2. The molecule has 0 aliphatic heterocycles. The van der Waals surface area contributed by atoms with Gasteiger partial charge in [0.15, 0.2) is 5.92 Å². The van der Waals surface area contributed by atoms with E-state index in [9.17, 15) is 9.59 Å². The van der Waals surface area contributed by atoms with E-state index < -0.39 is 17.9 Å². The molecule has 1 rings (SSSR count). The Morgan fingerprint density at radius 1 is 1.35 bits per heavy atom. The first-order chi connectivity index (χ1) is 8.06. The number of rotatable bonds is 4. The Hall–Kier alpha value is -2.68. The van der Waals surface area contributed by atoms with Gasteiger partial charge < -0.3 is 10.2 Å². The largest absolute Gasteiger partial charge is 0.480 e. The lowest BCUT2D eigenvalue weighted by Crippen LogP contribution is -2.12. The third kappa shape index (κ3) is 3.14. The number of aliphatic carboxylic acids is 1. The first-order valence-corrected chi connectivity index (χ1v) is 4.55. The van der Waals surface area contributed by atoms with Crippen LogP contribution in [0.25, 0.3) is 0 Å². The average molecular weight is 232 g/mol. The first-order valence-electron chi connectivity index (χ1n) is 4.55. The van der Waals surface area contributed by atoms with Crippen molar-refractivity contribution in [2.75, 3.05) is 0 Å². The summed E-state index contributed by atoms with van der Waals surface area (Å²) in [6.07, 6.45) is 0.907. The fraction of sp³-hybridized carbons (Fsp3) is 0.0909. The molecule has 0 saturated heterocycles. The molecule has 6 nitrogen and oxygen atoms in total. The van der Waals surface area contributed by atoms with E-state index in [-0.39, 0.29) is 11.3 Å². The number of nitriles is 1. The van der Waals surface area contributed by atoms with Gasteiger partial charge in [0.1, 0.15) is 0 Å². The molecule has 0 aliphatic rings. The number of hydrogen-bond donors (Lipinski definition) is 2. The number of benzene rings is 1. The summed E-state index contributed by atoms with van der Waals surface area (Å²) in [7, 11) is 0. The lowest BCUT2D eigenvalue weighted by molar-refractivity contribution is -0.137. The Kier molecular flexibility index (Phi) is 3.95. The molecule has 17 heavy (non-hydrogen) atoms. The molecule has 0 heterocycles. The first kappa shape index (κ1) is 12.4. The number of aliphatic imine (C=N–C) groups is 1. The lowest BCUT2D eigenvalue weighted by atomic mass is 10.1. The Balaban J connectivity index is 3.03. The van der Waals surface area contributed by atoms with Gasteiger partial charge in [-0.25, -0.2) is 4.79 Å². The number of hydrogen-bond acceptors (Lipinski definition) is 4. The summed E-state index contributed by atoms with van der Waals surface area (Å²) in [4.78, 5) is 25.1. The van der Waals surface area contributed by atoms with Crippen molar-refractivity contribution < 1.29 is 19.8 Å². The molecule has 0 spiro atoms. The van der Waals surface area contributed by atoms with Gasteiger partial charge in [0.25, 0.3) is 0 Å². The third-order valence-electron chi connectivity index (χ3n) is 1.90.